The highest BCUT2D eigenvalue weighted by molar-refractivity contribution is 6.30. The minimum atomic E-state index is -0.618. The van der Waals surface area contributed by atoms with E-state index in [1.807, 2.05) is 43.3 Å². The Bertz CT molecular complexity index is 1180. The molecule has 0 spiro atoms. The summed E-state index contributed by atoms with van der Waals surface area (Å²) >= 11 is 5.90. The van der Waals surface area contributed by atoms with Gasteiger partial charge in [0.2, 0.25) is 5.91 Å². The topological polar surface area (TPSA) is 102 Å². The number of nitrogens with zero attached hydrogens (tertiary/aromatic N) is 2. The van der Waals surface area contributed by atoms with Gasteiger partial charge in [-0.2, -0.15) is 0 Å². The molecule has 0 heterocycles. The highest BCUT2D eigenvalue weighted by Crippen LogP contribution is 2.16. The fourth-order valence-electron chi connectivity index (χ4n) is 3.51. The average Bonchev–Trinajstić information content (AvgIpc) is 2.90. The maximum Gasteiger partial charge on any atom is 0.274 e. The molecule has 3 aromatic carbocycles. The largest absolute Gasteiger partial charge is 0.378 e. The molecule has 3 N–H and O–H groups in total. The van der Waals surface area contributed by atoms with Crippen LogP contribution in [0.3, 0.4) is 0 Å². The molecule has 0 saturated carbocycles. The maximum atomic E-state index is 13.3. The molecule has 0 saturated heterocycles. The summed E-state index contributed by atoms with van der Waals surface area (Å²) < 4.78 is 0. The van der Waals surface area contributed by atoms with E-state index in [2.05, 4.69) is 5.32 Å². The van der Waals surface area contributed by atoms with E-state index in [1.165, 1.54) is 0 Å². The summed E-state index contributed by atoms with van der Waals surface area (Å²) in [6.45, 7) is 0.823. The lowest BCUT2D eigenvalue weighted by molar-refractivity contribution is -0.121. The third kappa shape index (κ3) is 7.56. The smallest absolute Gasteiger partial charge is 0.274 e. The van der Waals surface area contributed by atoms with Gasteiger partial charge in [0.05, 0.1) is 0 Å². The lowest BCUT2D eigenvalue weighted by atomic mass is 10.1. The van der Waals surface area contributed by atoms with Crippen molar-refractivity contribution in [2.45, 2.75) is 19.5 Å². The molecule has 0 aliphatic heterocycles. The van der Waals surface area contributed by atoms with Gasteiger partial charge in [-0.05, 0) is 59.7 Å². The molecule has 188 valence electrons. The van der Waals surface area contributed by atoms with Gasteiger partial charge in [-0.25, -0.2) is 5.48 Å². The second kappa shape index (κ2) is 12.7. The molecule has 0 aliphatic carbocycles. The van der Waals surface area contributed by atoms with Gasteiger partial charge in [-0.15, -0.1) is 0 Å². The molecule has 0 radical (unpaired) electrons. The van der Waals surface area contributed by atoms with Crippen molar-refractivity contribution < 1.29 is 19.6 Å². The molecule has 0 fully saturated rings. The van der Waals surface area contributed by atoms with Crippen molar-refractivity contribution in [3.05, 3.63) is 100 Å². The first-order chi connectivity index (χ1) is 17.3. The number of amides is 3. The zero-order valence-corrected chi connectivity index (χ0v) is 21.0. The van der Waals surface area contributed by atoms with E-state index >= 15 is 0 Å². The molecule has 0 aromatic heterocycles. The molecule has 9 heteroatoms. The van der Waals surface area contributed by atoms with Crippen molar-refractivity contribution in [1.29, 1.82) is 0 Å². The fourth-order valence-corrected chi connectivity index (χ4v) is 3.64. The van der Waals surface area contributed by atoms with E-state index in [9.17, 15) is 14.4 Å². The molecule has 0 aliphatic rings. The predicted molar refractivity (Wildman–Crippen MR) is 139 cm³/mol. The van der Waals surface area contributed by atoms with Crippen molar-refractivity contribution in [3.63, 3.8) is 0 Å². The molecule has 0 atom stereocenters. The highest BCUT2D eigenvalue weighted by Gasteiger charge is 2.18. The van der Waals surface area contributed by atoms with E-state index < -0.39 is 5.91 Å². The number of hydrogen-bond acceptors (Lipinski definition) is 5. The maximum absolute atomic E-state index is 13.3. The van der Waals surface area contributed by atoms with Gasteiger partial charge in [0.25, 0.3) is 11.8 Å². The monoisotopic (exact) mass is 508 g/mol. The zero-order chi connectivity index (χ0) is 26.1. The summed E-state index contributed by atoms with van der Waals surface area (Å²) in [6.07, 6.45) is 0.125. The van der Waals surface area contributed by atoms with Gasteiger partial charge in [0.15, 0.2) is 0 Å². The minimum absolute atomic E-state index is 0.125. The quantitative estimate of drug-likeness (QED) is 0.285. The van der Waals surface area contributed by atoms with Crippen molar-refractivity contribution >= 4 is 35.0 Å². The Labute approximate surface area is 215 Å². The standard InChI is InChI=1S/C27H29ClN4O4/c1-31(2)24-13-9-22(10-14-24)27(35)32(18-20-3-7-21(8-4-20)26(34)30-36)16-15-25(33)29-17-19-5-11-23(28)12-6-19/h3-14,36H,15-18H2,1-2H3,(H,29,33)(H,30,34). The van der Waals surface area contributed by atoms with E-state index in [1.54, 1.807) is 58.9 Å². The Morgan fingerprint density at radius 2 is 1.42 bits per heavy atom. The van der Waals surface area contributed by atoms with Crippen molar-refractivity contribution in [1.82, 2.24) is 15.7 Å². The van der Waals surface area contributed by atoms with Gasteiger partial charge in [-0.1, -0.05) is 35.9 Å². The first kappa shape index (κ1) is 26.7. The van der Waals surface area contributed by atoms with Gasteiger partial charge < -0.3 is 15.1 Å². The number of benzene rings is 3. The molecule has 3 rings (SSSR count). The van der Waals surface area contributed by atoms with Crippen LogP contribution in [0, 0.1) is 0 Å². The number of hydroxylamine groups is 1. The van der Waals surface area contributed by atoms with Crippen LogP contribution in [0.2, 0.25) is 5.02 Å². The summed E-state index contributed by atoms with van der Waals surface area (Å²) in [5.41, 5.74) is 5.08. The third-order valence-corrected chi connectivity index (χ3v) is 5.87. The Morgan fingerprint density at radius 1 is 0.833 bits per heavy atom. The molecule has 3 aromatic rings. The van der Waals surface area contributed by atoms with Crippen LogP contribution in [0.1, 0.15) is 38.3 Å². The Hall–Kier alpha value is -3.88. The van der Waals surface area contributed by atoms with Crippen molar-refractivity contribution in [3.8, 4) is 0 Å². The molecule has 0 bridgehead atoms. The first-order valence-corrected chi connectivity index (χ1v) is 11.8. The Kier molecular flexibility index (Phi) is 9.44. The number of rotatable bonds is 10. The summed E-state index contributed by atoms with van der Waals surface area (Å²) in [4.78, 5) is 41.0. The van der Waals surface area contributed by atoms with Gasteiger partial charge in [-0.3, -0.25) is 19.6 Å². The Balaban J connectivity index is 1.70. The number of anilines is 1. The Morgan fingerprint density at radius 3 is 2.00 bits per heavy atom. The normalized spacial score (nSPS) is 10.4. The summed E-state index contributed by atoms with van der Waals surface area (Å²) in [5.74, 6) is -1.00. The van der Waals surface area contributed by atoms with Crippen LogP contribution in [0.4, 0.5) is 5.69 Å². The van der Waals surface area contributed by atoms with E-state index in [4.69, 9.17) is 16.8 Å². The first-order valence-electron chi connectivity index (χ1n) is 11.4. The van der Waals surface area contributed by atoms with E-state index in [0.29, 0.717) is 22.7 Å². The molecule has 0 unspecified atom stereocenters. The number of carbonyl (C=O) groups is 3. The second-order valence-electron chi connectivity index (χ2n) is 8.46. The molecular formula is C27H29ClN4O4. The van der Waals surface area contributed by atoms with Crippen LogP contribution in [-0.2, 0) is 17.9 Å². The van der Waals surface area contributed by atoms with Crippen molar-refractivity contribution in [2.75, 3.05) is 25.5 Å². The molecule has 36 heavy (non-hydrogen) atoms. The van der Waals surface area contributed by atoms with Gasteiger partial charge >= 0.3 is 0 Å². The average molecular weight is 509 g/mol. The van der Waals surface area contributed by atoms with E-state index in [0.717, 1.165) is 16.8 Å². The lowest BCUT2D eigenvalue weighted by Gasteiger charge is -2.23. The zero-order valence-electron chi connectivity index (χ0n) is 20.2. The summed E-state index contributed by atoms with van der Waals surface area (Å²) in [6, 6.07) is 21.0. The molecule has 8 nitrogen and oxygen atoms in total. The molecular weight excluding hydrogens is 480 g/mol. The van der Waals surface area contributed by atoms with Crippen LogP contribution in [0.15, 0.2) is 72.8 Å². The van der Waals surface area contributed by atoms with E-state index in [-0.39, 0.29) is 31.3 Å². The van der Waals surface area contributed by atoms with Crippen LogP contribution in [0.5, 0.6) is 0 Å². The molecule has 3 amide bonds. The van der Waals surface area contributed by atoms with Crippen molar-refractivity contribution in [2.24, 2.45) is 0 Å². The number of nitrogens with one attached hydrogen (secondary N) is 2. The second-order valence-corrected chi connectivity index (χ2v) is 8.90. The number of halogens is 1. The van der Waals surface area contributed by atoms with Gasteiger partial charge in [0, 0.05) is 62.0 Å². The highest BCUT2D eigenvalue weighted by atomic mass is 35.5. The van der Waals surface area contributed by atoms with Crippen LogP contribution < -0.4 is 15.7 Å². The lowest BCUT2D eigenvalue weighted by Crippen LogP contribution is -2.35. The number of carbonyl (C=O) groups excluding carboxylic acids is 3. The summed E-state index contributed by atoms with van der Waals surface area (Å²) in [7, 11) is 3.85. The fraction of sp³-hybridized carbons (Fsp3) is 0.222. The predicted octanol–water partition coefficient (Wildman–Crippen LogP) is 3.87. The summed E-state index contributed by atoms with van der Waals surface area (Å²) in [5, 5.41) is 12.3. The number of hydrogen-bond donors (Lipinski definition) is 3. The van der Waals surface area contributed by atoms with Crippen LogP contribution in [0.25, 0.3) is 0 Å². The van der Waals surface area contributed by atoms with Gasteiger partial charge in [0.1, 0.15) is 0 Å². The van der Waals surface area contributed by atoms with Crippen LogP contribution >= 0.6 is 11.6 Å². The third-order valence-electron chi connectivity index (χ3n) is 5.62. The SMILES string of the molecule is CN(C)c1ccc(C(=O)N(CCC(=O)NCc2ccc(Cl)cc2)Cc2ccc(C(=O)NO)cc2)cc1. The minimum Gasteiger partial charge on any atom is -0.378 e. The van der Waals surface area contributed by atoms with Crippen LogP contribution in [-0.4, -0.2) is 48.5 Å².